The summed E-state index contributed by atoms with van der Waals surface area (Å²) in [5.41, 5.74) is 3.59. The van der Waals surface area contributed by atoms with Crippen molar-refractivity contribution < 1.29 is 13.9 Å². The lowest BCUT2D eigenvalue weighted by Gasteiger charge is -2.09. The molecular weight excluding hydrogens is 378 g/mol. The fourth-order valence-electron chi connectivity index (χ4n) is 3.14. The first-order chi connectivity index (χ1) is 14.5. The molecule has 6 heteroatoms. The molecule has 0 unspecified atom stereocenters. The summed E-state index contributed by atoms with van der Waals surface area (Å²) in [4.78, 5) is 22.0. The van der Waals surface area contributed by atoms with Gasteiger partial charge in [0.1, 0.15) is 11.4 Å². The predicted molar refractivity (Wildman–Crippen MR) is 116 cm³/mol. The zero-order valence-electron chi connectivity index (χ0n) is 17.0. The number of carbonyl (C=O) groups is 1. The van der Waals surface area contributed by atoms with Crippen molar-refractivity contribution in [2.24, 2.45) is 4.99 Å². The van der Waals surface area contributed by atoms with Gasteiger partial charge in [0, 0.05) is 11.1 Å². The lowest BCUT2D eigenvalue weighted by molar-refractivity contribution is 0.102. The third kappa shape index (κ3) is 4.07. The first kappa shape index (κ1) is 19.4. The molecule has 1 N–H and O–H groups in total. The normalized spacial score (nSPS) is 11.5. The van der Waals surface area contributed by atoms with Gasteiger partial charge >= 0.3 is 0 Å². The predicted octanol–water partition coefficient (Wildman–Crippen LogP) is 4.94. The maximum Gasteiger partial charge on any atom is 0.262 e. The molecule has 0 saturated carbocycles. The number of nitrogens with zero attached hydrogens (tertiary/aromatic N) is 2. The van der Waals surface area contributed by atoms with Crippen molar-refractivity contribution in [1.29, 1.82) is 0 Å². The first-order valence-electron chi connectivity index (χ1n) is 9.51. The van der Waals surface area contributed by atoms with Crippen LogP contribution in [0.3, 0.4) is 0 Å². The highest BCUT2D eigenvalue weighted by atomic mass is 16.5. The van der Waals surface area contributed by atoms with Gasteiger partial charge in [-0.25, -0.2) is 9.98 Å². The SMILES string of the molecule is COc1cccc2cc(C(=O)Nc3cccc(C)n3)c(=Nc3cccc(C)c3)oc12. The Bertz CT molecular complexity index is 1310. The van der Waals surface area contributed by atoms with Gasteiger partial charge in [0.2, 0.25) is 5.55 Å². The zero-order chi connectivity index (χ0) is 21.1. The number of hydrogen-bond acceptors (Lipinski definition) is 5. The number of carbonyl (C=O) groups excluding carboxylic acids is 1. The average molecular weight is 399 g/mol. The van der Waals surface area contributed by atoms with Crippen LogP contribution < -0.4 is 15.6 Å². The van der Waals surface area contributed by atoms with Gasteiger partial charge in [-0.1, -0.05) is 30.3 Å². The van der Waals surface area contributed by atoms with Gasteiger partial charge in [-0.15, -0.1) is 0 Å². The van der Waals surface area contributed by atoms with Gasteiger partial charge in [-0.2, -0.15) is 0 Å². The van der Waals surface area contributed by atoms with Crippen LogP contribution in [0.25, 0.3) is 11.0 Å². The van der Waals surface area contributed by atoms with E-state index < -0.39 is 0 Å². The highest BCUT2D eigenvalue weighted by molar-refractivity contribution is 6.05. The van der Waals surface area contributed by atoms with Crippen LogP contribution >= 0.6 is 0 Å². The van der Waals surface area contributed by atoms with Gasteiger partial charge in [0.15, 0.2) is 11.3 Å². The number of rotatable bonds is 4. The molecule has 0 atom stereocenters. The van der Waals surface area contributed by atoms with E-state index in [1.165, 1.54) is 0 Å². The average Bonchev–Trinajstić information content (AvgIpc) is 2.73. The standard InChI is InChI=1S/C24H21N3O3/c1-15-7-4-10-18(13-15)26-24-19(23(28)27-21-12-5-8-16(2)25-21)14-17-9-6-11-20(29-3)22(17)30-24/h4-14H,1-3H3,(H,25,27,28). The second-order valence-electron chi connectivity index (χ2n) is 6.91. The quantitative estimate of drug-likeness (QED) is 0.527. The Morgan fingerprint density at radius 1 is 1.03 bits per heavy atom. The molecule has 0 spiro atoms. The van der Waals surface area contributed by atoms with Crippen molar-refractivity contribution in [1.82, 2.24) is 4.98 Å². The van der Waals surface area contributed by atoms with Crippen molar-refractivity contribution >= 4 is 28.4 Å². The molecular formula is C24H21N3O3. The molecule has 0 radical (unpaired) electrons. The highest BCUT2D eigenvalue weighted by Crippen LogP contribution is 2.25. The van der Waals surface area contributed by atoms with Crippen LogP contribution in [0.5, 0.6) is 5.75 Å². The minimum absolute atomic E-state index is 0.197. The molecule has 30 heavy (non-hydrogen) atoms. The monoisotopic (exact) mass is 399 g/mol. The van der Waals surface area contributed by atoms with Crippen molar-refractivity contribution in [3.8, 4) is 5.75 Å². The van der Waals surface area contributed by atoms with Crippen LogP contribution in [0, 0.1) is 13.8 Å². The number of pyridine rings is 1. The van der Waals surface area contributed by atoms with Crippen LogP contribution in [0.15, 0.2) is 76.1 Å². The van der Waals surface area contributed by atoms with E-state index in [1.807, 2.05) is 62.4 Å². The van der Waals surface area contributed by atoms with Gasteiger partial charge in [0.25, 0.3) is 5.91 Å². The number of fused-ring (bicyclic) bond motifs is 1. The van der Waals surface area contributed by atoms with E-state index in [2.05, 4.69) is 15.3 Å². The zero-order valence-corrected chi connectivity index (χ0v) is 17.0. The largest absolute Gasteiger partial charge is 0.493 e. The second-order valence-corrected chi connectivity index (χ2v) is 6.91. The topological polar surface area (TPSA) is 76.7 Å². The molecule has 0 saturated heterocycles. The number of para-hydroxylation sites is 1. The van der Waals surface area contributed by atoms with E-state index >= 15 is 0 Å². The molecule has 0 fully saturated rings. The smallest absolute Gasteiger partial charge is 0.262 e. The lowest BCUT2D eigenvalue weighted by atomic mass is 10.1. The molecule has 2 aromatic carbocycles. The van der Waals surface area contributed by atoms with Crippen LogP contribution in [-0.2, 0) is 0 Å². The summed E-state index contributed by atoms with van der Waals surface area (Å²) >= 11 is 0. The second kappa shape index (κ2) is 8.21. The molecule has 150 valence electrons. The van der Waals surface area contributed by atoms with Gasteiger partial charge < -0.3 is 14.5 Å². The van der Waals surface area contributed by atoms with Crippen molar-refractivity contribution in [3.05, 3.63) is 89.1 Å². The number of anilines is 1. The maximum absolute atomic E-state index is 13.1. The number of hydrogen-bond donors (Lipinski definition) is 1. The summed E-state index contributed by atoms with van der Waals surface area (Å²) in [5, 5.41) is 3.56. The number of ether oxygens (including phenoxy) is 1. The first-order valence-corrected chi connectivity index (χ1v) is 9.51. The van der Waals surface area contributed by atoms with Gasteiger partial charge in [-0.05, 0) is 55.8 Å². The van der Waals surface area contributed by atoms with Gasteiger partial charge in [-0.3, -0.25) is 4.79 Å². The Kier molecular flexibility index (Phi) is 5.30. The van der Waals surface area contributed by atoms with E-state index in [-0.39, 0.29) is 11.5 Å². The van der Waals surface area contributed by atoms with E-state index in [9.17, 15) is 4.79 Å². The van der Waals surface area contributed by atoms with Crippen LogP contribution in [-0.4, -0.2) is 18.0 Å². The molecule has 1 amide bonds. The molecule has 2 aromatic heterocycles. The van der Waals surface area contributed by atoms with Gasteiger partial charge in [0.05, 0.1) is 12.8 Å². The Morgan fingerprint density at radius 2 is 1.83 bits per heavy atom. The number of aryl methyl sites for hydroxylation is 2. The molecule has 4 aromatic rings. The van der Waals surface area contributed by atoms with Crippen molar-refractivity contribution in [2.45, 2.75) is 13.8 Å². The molecule has 4 rings (SSSR count). The summed E-state index contributed by atoms with van der Waals surface area (Å²) in [6, 6.07) is 20.4. The highest BCUT2D eigenvalue weighted by Gasteiger charge is 2.15. The molecule has 6 nitrogen and oxygen atoms in total. The summed E-state index contributed by atoms with van der Waals surface area (Å²) in [7, 11) is 1.58. The molecule has 0 aliphatic rings. The number of aromatic nitrogens is 1. The van der Waals surface area contributed by atoms with Crippen LogP contribution in [0.1, 0.15) is 21.6 Å². The van der Waals surface area contributed by atoms with E-state index in [0.717, 1.165) is 16.6 Å². The molecule has 0 bridgehead atoms. The lowest BCUT2D eigenvalue weighted by Crippen LogP contribution is -2.22. The minimum Gasteiger partial charge on any atom is -0.493 e. The summed E-state index contributed by atoms with van der Waals surface area (Å²) < 4.78 is 11.5. The van der Waals surface area contributed by atoms with Crippen molar-refractivity contribution in [2.75, 3.05) is 12.4 Å². The third-order valence-electron chi connectivity index (χ3n) is 4.57. The van der Waals surface area contributed by atoms with E-state index in [0.29, 0.717) is 28.4 Å². The maximum atomic E-state index is 13.1. The summed E-state index contributed by atoms with van der Waals surface area (Å²) in [6.45, 7) is 3.85. The Morgan fingerprint density at radius 3 is 2.60 bits per heavy atom. The fourth-order valence-corrected chi connectivity index (χ4v) is 3.14. The number of methoxy groups -OCH3 is 1. The summed E-state index contributed by atoms with van der Waals surface area (Å²) in [5.74, 6) is 0.681. The van der Waals surface area contributed by atoms with E-state index in [1.54, 1.807) is 25.3 Å². The minimum atomic E-state index is -0.354. The number of benzene rings is 2. The Hall–Kier alpha value is -3.93. The Labute approximate surface area is 173 Å². The van der Waals surface area contributed by atoms with E-state index in [4.69, 9.17) is 9.15 Å². The number of nitrogens with one attached hydrogen (secondary N) is 1. The van der Waals surface area contributed by atoms with Crippen LogP contribution in [0.2, 0.25) is 0 Å². The van der Waals surface area contributed by atoms with Crippen LogP contribution in [0.4, 0.5) is 11.5 Å². The fraction of sp³-hybridized carbons (Fsp3) is 0.125. The number of amides is 1. The molecule has 0 aliphatic heterocycles. The molecule has 2 heterocycles. The third-order valence-corrected chi connectivity index (χ3v) is 4.57. The molecule has 0 aliphatic carbocycles. The summed E-state index contributed by atoms with van der Waals surface area (Å²) in [6.07, 6.45) is 0. The van der Waals surface area contributed by atoms with Crippen molar-refractivity contribution in [3.63, 3.8) is 0 Å². The Balaban J connectivity index is 1.89.